The highest BCUT2D eigenvalue weighted by Crippen LogP contribution is 2.08. The molecule has 0 spiro atoms. The first kappa shape index (κ1) is 28.1. The first-order valence-electron chi connectivity index (χ1n) is 11.5. The second kappa shape index (κ2) is 15.0. The summed E-state index contributed by atoms with van der Waals surface area (Å²) in [5, 5.41) is 26.6. The van der Waals surface area contributed by atoms with Gasteiger partial charge in [0.15, 0.2) is 0 Å². The number of aliphatic hydroxyl groups excluding tert-OH is 1. The average molecular weight is 491 g/mol. The Kier molecular flexibility index (Phi) is 11.7. The molecule has 0 aliphatic heterocycles. The van der Waals surface area contributed by atoms with Crippen LogP contribution in [0.25, 0.3) is 0 Å². The van der Waals surface area contributed by atoms with Gasteiger partial charge < -0.3 is 21.1 Å². The van der Waals surface area contributed by atoms with Crippen molar-refractivity contribution in [1.29, 1.82) is 0 Å². The van der Waals surface area contributed by atoms with Gasteiger partial charge in [-0.2, -0.15) is 0 Å². The number of benzene rings is 2. The van der Waals surface area contributed by atoms with Crippen molar-refractivity contribution in [1.82, 2.24) is 16.1 Å². The first-order valence-corrected chi connectivity index (χ1v) is 11.5. The minimum atomic E-state index is -1.30. The van der Waals surface area contributed by atoms with E-state index in [1.165, 1.54) is 24.5 Å². The van der Waals surface area contributed by atoms with Crippen molar-refractivity contribution in [3.63, 3.8) is 0 Å². The first-order chi connectivity index (χ1) is 17.3. The fourth-order valence-corrected chi connectivity index (χ4v) is 2.96. The van der Waals surface area contributed by atoms with Crippen molar-refractivity contribution < 1.29 is 24.7 Å². The molecular formula is C27H30N4O5. The Hall–Kier alpha value is -4.15. The summed E-state index contributed by atoms with van der Waals surface area (Å²) in [5.41, 5.74) is 3.73. The van der Waals surface area contributed by atoms with Crippen LogP contribution in [0, 0.1) is 23.7 Å². The SMILES string of the molecule is CCCCNCC(=O)Nc1ccc(C#CC#Cc2ccc(C(=O)N[C@H](C(=O)NO)[C@@H](C)O)cc2)cc1. The van der Waals surface area contributed by atoms with Gasteiger partial charge in [-0.1, -0.05) is 25.2 Å². The summed E-state index contributed by atoms with van der Waals surface area (Å²) in [6.45, 7) is 4.50. The lowest BCUT2D eigenvalue weighted by Gasteiger charge is -2.19. The van der Waals surface area contributed by atoms with Crippen molar-refractivity contribution in [2.24, 2.45) is 0 Å². The van der Waals surface area contributed by atoms with Crippen molar-refractivity contribution in [3.05, 3.63) is 65.2 Å². The molecule has 3 amide bonds. The largest absolute Gasteiger partial charge is 0.391 e. The van der Waals surface area contributed by atoms with Crippen molar-refractivity contribution in [3.8, 4) is 23.7 Å². The van der Waals surface area contributed by atoms with Gasteiger partial charge in [-0.3, -0.25) is 19.6 Å². The molecule has 0 bridgehead atoms. The van der Waals surface area contributed by atoms with Crippen molar-refractivity contribution >= 4 is 23.4 Å². The maximum absolute atomic E-state index is 12.3. The number of aliphatic hydroxyl groups is 1. The van der Waals surface area contributed by atoms with Crippen LogP contribution in [-0.2, 0) is 9.59 Å². The Morgan fingerprint density at radius 1 is 0.944 bits per heavy atom. The number of anilines is 1. The number of carbonyl (C=O) groups excluding carboxylic acids is 3. The minimum Gasteiger partial charge on any atom is -0.391 e. The standard InChI is InChI=1S/C27H30N4O5/c1-3-4-17-28-18-24(33)29-23-15-11-21(12-16-23)8-6-5-7-20-9-13-22(14-10-20)26(34)30-25(19(2)32)27(35)31-36/h9-16,19,25,28,32,36H,3-4,17-18H2,1-2H3,(H,29,33)(H,30,34)(H,31,35)/t19-,25+/m1/s1. The summed E-state index contributed by atoms with van der Waals surface area (Å²) in [6.07, 6.45) is 0.912. The number of carbonyl (C=O) groups is 3. The third-order valence-electron chi connectivity index (χ3n) is 4.95. The van der Waals surface area contributed by atoms with Crippen LogP contribution in [0.5, 0.6) is 0 Å². The molecule has 0 unspecified atom stereocenters. The van der Waals surface area contributed by atoms with Crippen molar-refractivity contribution in [2.45, 2.75) is 38.8 Å². The van der Waals surface area contributed by atoms with E-state index >= 15 is 0 Å². The zero-order valence-corrected chi connectivity index (χ0v) is 20.2. The highest BCUT2D eigenvalue weighted by Gasteiger charge is 2.25. The van der Waals surface area contributed by atoms with Gasteiger partial charge in [-0.05, 0) is 80.3 Å². The molecule has 188 valence electrons. The van der Waals surface area contributed by atoms with E-state index < -0.39 is 24.0 Å². The molecule has 0 aromatic heterocycles. The lowest BCUT2D eigenvalue weighted by Crippen LogP contribution is -2.51. The minimum absolute atomic E-state index is 0.0993. The topological polar surface area (TPSA) is 140 Å². The number of hydroxylamine groups is 1. The Balaban J connectivity index is 1.90. The monoisotopic (exact) mass is 490 g/mol. The highest BCUT2D eigenvalue weighted by molar-refractivity contribution is 5.97. The molecule has 2 aromatic rings. The van der Waals surface area contributed by atoms with Gasteiger partial charge in [0.25, 0.3) is 11.8 Å². The summed E-state index contributed by atoms with van der Waals surface area (Å²) in [4.78, 5) is 35.7. The summed E-state index contributed by atoms with van der Waals surface area (Å²) in [7, 11) is 0. The third-order valence-corrected chi connectivity index (χ3v) is 4.95. The van der Waals surface area contributed by atoms with Crippen LogP contribution in [0.3, 0.4) is 0 Å². The number of rotatable bonds is 10. The smallest absolute Gasteiger partial charge is 0.268 e. The van der Waals surface area contributed by atoms with Crippen LogP contribution in [0.2, 0.25) is 0 Å². The van der Waals surface area contributed by atoms with E-state index in [1.54, 1.807) is 36.4 Å². The maximum Gasteiger partial charge on any atom is 0.268 e. The molecule has 2 aromatic carbocycles. The number of unbranched alkanes of at least 4 members (excludes halogenated alkanes) is 1. The maximum atomic E-state index is 12.3. The highest BCUT2D eigenvalue weighted by atomic mass is 16.5. The Morgan fingerprint density at radius 3 is 2.06 bits per heavy atom. The molecule has 0 fully saturated rings. The van der Waals surface area contributed by atoms with Crippen LogP contribution in [-0.4, -0.2) is 53.3 Å². The molecule has 2 rings (SSSR count). The molecule has 6 N–H and O–H groups in total. The predicted molar refractivity (Wildman–Crippen MR) is 136 cm³/mol. The van der Waals surface area contributed by atoms with E-state index in [0.29, 0.717) is 11.3 Å². The Morgan fingerprint density at radius 2 is 1.53 bits per heavy atom. The predicted octanol–water partition coefficient (Wildman–Crippen LogP) is 1.40. The lowest BCUT2D eigenvalue weighted by molar-refractivity contribution is -0.133. The molecule has 2 atom stereocenters. The van der Waals surface area contributed by atoms with Gasteiger partial charge in [0.1, 0.15) is 6.04 Å². The van der Waals surface area contributed by atoms with Gasteiger partial charge in [0.05, 0.1) is 12.6 Å². The van der Waals surface area contributed by atoms with Gasteiger partial charge in [-0.25, -0.2) is 5.48 Å². The van der Waals surface area contributed by atoms with Crippen LogP contribution < -0.4 is 21.4 Å². The number of hydrogen-bond donors (Lipinski definition) is 6. The Bertz CT molecular complexity index is 1150. The second-order valence-electron chi connectivity index (χ2n) is 7.90. The molecule has 0 aliphatic carbocycles. The zero-order valence-electron chi connectivity index (χ0n) is 20.2. The third kappa shape index (κ3) is 9.61. The quantitative estimate of drug-likeness (QED) is 0.129. The van der Waals surface area contributed by atoms with E-state index in [0.717, 1.165) is 24.9 Å². The van der Waals surface area contributed by atoms with E-state index in [2.05, 4.69) is 46.6 Å². The fourth-order valence-electron chi connectivity index (χ4n) is 2.96. The summed E-state index contributed by atoms with van der Waals surface area (Å²) < 4.78 is 0. The van der Waals surface area contributed by atoms with Crippen LogP contribution in [0.15, 0.2) is 48.5 Å². The number of hydrogen-bond acceptors (Lipinski definition) is 6. The van der Waals surface area contributed by atoms with E-state index in [-0.39, 0.29) is 18.0 Å². The molecule has 0 saturated heterocycles. The van der Waals surface area contributed by atoms with Gasteiger partial charge in [0.2, 0.25) is 5.91 Å². The average Bonchev–Trinajstić information content (AvgIpc) is 2.88. The molecule has 0 heterocycles. The fraction of sp³-hybridized carbons (Fsp3) is 0.296. The number of amides is 3. The summed E-state index contributed by atoms with van der Waals surface area (Å²) in [6, 6.07) is 12.1. The summed E-state index contributed by atoms with van der Waals surface area (Å²) >= 11 is 0. The van der Waals surface area contributed by atoms with Crippen LogP contribution in [0.4, 0.5) is 5.69 Å². The van der Waals surface area contributed by atoms with Gasteiger partial charge >= 0.3 is 0 Å². The van der Waals surface area contributed by atoms with E-state index in [9.17, 15) is 19.5 Å². The van der Waals surface area contributed by atoms with Gasteiger partial charge in [-0.15, -0.1) is 0 Å². The Labute approximate surface area is 210 Å². The molecule has 36 heavy (non-hydrogen) atoms. The molecule has 0 saturated carbocycles. The number of nitrogens with one attached hydrogen (secondary N) is 4. The lowest BCUT2D eigenvalue weighted by atomic mass is 10.1. The molecule has 9 heteroatoms. The van der Waals surface area contributed by atoms with Crippen molar-refractivity contribution in [2.75, 3.05) is 18.4 Å². The van der Waals surface area contributed by atoms with Crippen LogP contribution in [0.1, 0.15) is 48.2 Å². The molecule has 0 aliphatic rings. The van der Waals surface area contributed by atoms with Gasteiger partial charge in [0, 0.05) is 22.4 Å². The molecule has 0 radical (unpaired) electrons. The van der Waals surface area contributed by atoms with Crippen LogP contribution >= 0.6 is 0 Å². The molecule has 9 nitrogen and oxygen atoms in total. The summed E-state index contributed by atoms with van der Waals surface area (Å²) in [5.74, 6) is 9.70. The second-order valence-corrected chi connectivity index (χ2v) is 7.90. The molecular weight excluding hydrogens is 460 g/mol. The zero-order chi connectivity index (χ0) is 26.3. The van der Waals surface area contributed by atoms with E-state index in [1.807, 2.05) is 0 Å². The normalized spacial score (nSPS) is 11.6. The van der Waals surface area contributed by atoms with E-state index in [4.69, 9.17) is 5.21 Å².